The van der Waals surface area contributed by atoms with Crippen LogP contribution in [0.3, 0.4) is 0 Å². The molecular weight excluding hydrogens is 404 g/mol. The minimum Gasteiger partial charge on any atom is -0.459 e. The van der Waals surface area contributed by atoms with Gasteiger partial charge in [0.15, 0.2) is 0 Å². The number of hydrogen-bond acceptors (Lipinski definition) is 6. The van der Waals surface area contributed by atoms with Crippen molar-refractivity contribution in [2.45, 2.75) is 26.0 Å². The van der Waals surface area contributed by atoms with Crippen molar-refractivity contribution < 1.29 is 24.0 Å². The molecule has 10 nitrogen and oxygen atoms in total. The van der Waals surface area contributed by atoms with Gasteiger partial charge in [-0.15, -0.1) is 0 Å². The number of benzene rings is 2. The lowest BCUT2D eigenvalue weighted by Crippen LogP contribution is -2.53. The lowest BCUT2D eigenvalue weighted by atomic mass is 9.91. The molecule has 0 saturated heterocycles. The molecule has 0 radical (unpaired) electrons. The summed E-state index contributed by atoms with van der Waals surface area (Å²) in [5, 5.41) is 13.8. The number of amides is 4. The zero-order chi connectivity index (χ0) is 22.7. The van der Waals surface area contributed by atoms with Gasteiger partial charge in [0.05, 0.1) is 22.3 Å². The SMILES string of the molecule is CC(C)OC(=O)C1=C(c2ccccc2)NC(=O)N(C(N)=O)C1c1cccc([N+](=O)[O-])c1. The van der Waals surface area contributed by atoms with Crippen LogP contribution in [0.2, 0.25) is 0 Å². The Morgan fingerprint density at radius 2 is 1.84 bits per heavy atom. The Bertz CT molecular complexity index is 1080. The minimum atomic E-state index is -1.33. The van der Waals surface area contributed by atoms with Gasteiger partial charge >= 0.3 is 18.0 Å². The first-order valence-corrected chi connectivity index (χ1v) is 9.35. The Morgan fingerprint density at radius 3 is 2.42 bits per heavy atom. The van der Waals surface area contributed by atoms with Crippen LogP contribution in [0, 0.1) is 10.1 Å². The van der Waals surface area contributed by atoms with Gasteiger partial charge < -0.3 is 15.8 Å². The fraction of sp³-hybridized carbons (Fsp3) is 0.190. The number of primary amides is 1. The Kier molecular flexibility index (Phi) is 6.00. The lowest BCUT2D eigenvalue weighted by Gasteiger charge is -2.36. The van der Waals surface area contributed by atoms with Crippen molar-refractivity contribution in [3.05, 3.63) is 81.4 Å². The second kappa shape index (κ2) is 8.66. The van der Waals surface area contributed by atoms with Crippen molar-refractivity contribution in [2.75, 3.05) is 0 Å². The number of nitro benzene ring substituents is 1. The van der Waals surface area contributed by atoms with Crippen LogP contribution in [0.15, 0.2) is 60.2 Å². The lowest BCUT2D eigenvalue weighted by molar-refractivity contribution is -0.384. The van der Waals surface area contributed by atoms with Crippen molar-refractivity contribution in [2.24, 2.45) is 5.73 Å². The maximum Gasteiger partial charge on any atom is 0.338 e. The molecule has 0 bridgehead atoms. The number of urea groups is 2. The predicted molar refractivity (Wildman–Crippen MR) is 110 cm³/mol. The van der Waals surface area contributed by atoms with Crippen LogP contribution in [0.4, 0.5) is 15.3 Å². The van der Waals surface area contributed by atoms with Crippen LogP contribution in [0.5, 0.6) is 0 Å². The summed E-state index contributed by atoms with van der Waals surface area (Å²) in [4.78, 5) is 49.4. The average Bonchev–Trinajstić information content (AvgIpc) is 2.72. The van der Waals surface area contributed by atoms with Crippen molar-refractivity contribution in [1.29, 1.82) is 0 Å². The molecule has 1 unspecified atom stereocenters. The van der Waals surface area contributed by atoms with Gasteiger partial charge in [-0.3, -0.25) is 10.1 Å². The van der Waals surface area contributed by atoms with E-state index in [1.807, 2.05) is 0 Å². The number of nitrogens with two attached hydrogens (primary N) is 1. The summed E-state index contributed by atoms with van der Waals surface area (Å²) >= 11 is 0. The summed E-state index contributed by atoms with van der Waals surface area (Å²) in [5.41, 5.74) is 5.89. The molecule has 0 aromatic heterocycles. The maximum atomic E-state index is 13.1. The number of imide groups is 1. The van der Waals surface area contributed by atoms with Crippen molar-refractivity contribution in [1.82, 2.24) is 10.2 Å². The molecule has 0 saturated carbocycles. The molecule has 2 aromatic carbocycles. The first kappa shape index (κ1) is 21.5. The van der Waals surface area contributed by atoms with E-state index in [0.29, 0.717) is 10.5 Å². The van der Waals surface area contributed by atoms with E-state index in [2.05, 4.69) is 5.32 Å². The summed E-state index contributed by atoms with van der Waals surface area (Å²) in [6.45, 7) is 3.30. The third kappa shape index (κ3) is 4.37. The van der Waals surface area contributed by atoms with E-state index >= 15 is 0 Å². The highest BCUT2D eigenvalue weighted by Gasteiger charge is 2.43. The van der Waals surface area contributed by atoms with Crippen molar-refractivity contribution >= 4 is 29.4 Å². The van der Waals surface area contributed by atoms with E-state index in [0.717, 1.165) is 0 Å². The Labute approximate surface area is 177 Å². The predicted octanol–water partition coefficient (Wildman–Crippen LogP) is 3.10. The number of ether oxygens (including phenoxy) is 1. The molecule has 1 aliphatic heterocycles. The molecule has 4 amide bonds. The monoisotopic (exact) mass is 424 g/mol. The number of hydrogen-bond donors (Lipinski definition) is 2. The number of rotatable bonds is 5. The molecule has 160 valence electrons. The normalized spacial score (nSPS) is 16.2. The van der Waals surface area contributed by atoms with Crippen LogP contribution in [0.25, 0.3) is 5.70 Å². The molecule has 3 rings (SSSR count). The van der Waals surface area contributed by atoms with Gasteiger partial charge in [0.2, 0.25) is 0 Å². The zero-order valence-corrected chi connectivity index (χ0v) is 16.8. The van der Waals surface area contributed by atoms with Gasteiger partial charge in [-0.05, 0) is 25.0 Å². The quantitative estimate of drug-likeness (QED) is 0.428. The molecule has 1 heterocycles. The highest BCUT2D eigenvalue weighted by atomic mass is 16.6. The number of carbonyl (C=O) groups excluding carboxylic acids is 3. The van der Waals surface area contributed by atoms with Gasteiger partial charge in [0, 0.05) is 12.1 Å². The summed E-state index contributed by atoms with van der Waals surface area (Å²) in [7, 11) is 0. The van der Waals surface area contributed by atoms with Crippen LogP contribution in [0.1, 0.15) is 31.0 Å². The zero-order valence-electron chi connectivity index (χ0n) is 16.8. The smallest absolute Gasteiger partial charge is 0.338 e. The van der Waals surface area contributed by atoms with Crippen LogP contribution >= 0.6 is 0 Å². The third-order valence-electron chi connectivity index (χ3n) is 4.51. The number of carbonyl (C=O) groups is 3. The fourth-order valence-corrected chi connectivity index (χ4v) is 3.29. The topological polar surface area (TPSA) is 145 Å². The highest BCUT2D eigenvalue weighted by Crippen LogP contribution is 2.38. The number of esters is 1. The Balaban J connectivity index is 2.32. The summed E-state index contributed by atoms with van der Waals surface area (Å²) < 4.78 is 5.37. The van der Waals surface area contributed by atoms with E-state index < -0.39 is 35.1 Å². The van der Waals surface area contributed by atoms with Gasteiger partial charge in [-0.2, -0.15) is 0 Å². The summed E-state index contributed by atoms with van der Waals surface area (Å²) in [6.07, 6.45) is -0.498. The molecule has 31 heavy (non-hydrogen) atoms. The van der Waals surface area contributed by atoms with Crippen molar-refractivity contribution in [3.8, 4) is 0 Å². The van der Waals surface area contributed by atoms with Crippen LogP contribution in [-0.2, 0) is 9.53 Å². The van der Waals surface area contributed by atoms with Crippen LogP contribution < -0.4 is 11.1 Å². The molecule has 0 spiro atoms. The number of nitrogens with zero attached hydrogens (tertiary/aromatic N) is 2. The molecule has 1 atom stereocenters. The second-order valence-corrected chi connectivity index (χ2v) is 7.00. The van der Waals surface area contributed by atoms with Crippen LogP contribution in [-0.4, -0.2) is 34.0 Å². The Hall–Kier alpha value is -4.21. The fourth-order valence-electron chi connectivity index (χ4n) is 3.29. The van der Waals surface area contributed by atoms with Gasteiger partial charge in [0.25, 0.3) is 5.69 Å². The molecule has 1 aliphatic rings. The number of nitrogens with one attached hydrogen (secondary N) is 1. The van der Waals surface area contributed by atoms with E-state index in [9.17, 15) is 24.5 Å². The minimum absolute atomic E-state index is 0.0706. The maximum absolute atomic E-state index is 13.1. The molecule has 0 aliphatic carbocycles. The molecule has 10 heteroatoms. The standard InChI is InChI=1S/C21H20N4O6/c1-12(2)31-19(26)16-17(13-7-4-3-5-8-13)23-21(28)24(20(22)27)18(16)14-9-6-10-15(11-14)25(29)30/h3-12,18H,1-2H3,(H2,22,27)(H,23,28). The Morgan fingerprint density at radius 1 is 1.16 bits per heavy atom. The van der Waals surface area contributed by atoms with Crippen molar-refractivity contribution in [3.63, 3.8) is 0 Å². The van der Waals surface area contributed by atoms with Gasteiger partial charge in [-0.25, -0.2) is 19.3 Å². The van der Waals surface area contributed by atoms with E-state index in [1.165, 1.54) is 24.3 Å². The van der Waals surface area contributed by atoms with E-state index in [-0.39, 0.29) is 22.5 Å². The number of non-ortho nitro benzene ring substituents is 1. The molecule has 3 N–H and O–H groups in total. The first-order valence-electron chi connectivity index (χ1n) is 9.35. The van der Waals surface area contributed by atoms with Gasteiger partial charge in [0.1, 0.15) is 6.04 Å². The largest absolute Gasteiger partial charge is 0.459 e. The van der Waals surface area contributed by atoms with E-state index in [4.69, 9.17) is 10.5 Å². The van der Waals surface area contributed by atoms with Gasteiger partial charge in [-0.1, -0.05) is 42.5 Å². The third-order valence-corrected chi connectivity index (χ3v) is 4.51. The first-order chi connectivity index (χ1) is 14.7. The summed E-state index contributed by atoms with van der Waals surface area (Å²) in [6, 6.07) is 10.5. The highest BCUT2D eigenvalue weighted by molar-refractivity contribution is 6.08. The average molecular weight is 424 g/mol. The molecule has 0 fully saturated rings. The second-order valence-electron chi connectivity index (χ2n) is 7.00. The number of nitro groups is 1. The molecule has 2 aromatic rings. The molecular formula is C21H20N4O6. The summed E-state index contributed by atoms with van der Waals surface area (Å²) in [5.74, 6) is -0.795. The van der Waals surface area contributed by atoms with E-state index in [1.54, 1.807) is 44.2 Å².